The molecule has 0 aliphatic carbocycles. The average molecular weight is 99.2 g/mol. The Bertz CT molecular complexity index is 57.2. The molecule has 0 aliphatic heterocycles. The molecule has 1 unspecified atom stereocenters. The van der Waals surface area contributed by atoms with E-state index >= 15 is 0 Å². The third-order valence-corrected chi connectivity index (χ3v) is 1.05. The van der Waals surface area contributed by atoms with Gasteiger partial charge in [0.15, 0.2) is 0 Å². The quantitative estimate of drug-likeness (QED) is 0.472. The Morgan fingerprint density at radius 1 is 1.71 bits per heavy atom. The van der Waals surface area contributed by atoms with Crippen molar-refractivity contribution >= 4 is 0 Å². The van der Waals surface area contributed by atoms with E-state index in [9.17, 15) is 5.11 Å². The molecule has 0 radical (unpaired) electrons. The van der Waals surface area contributed by atoms with Crippen molar-refractivity contribution in [2.75, 3.05) is 0 Å². The molecule has 0 saturated heterocycles. The highest BCUT2D eigenvalue weighted by Gasteiger charge is 1.84. The monoisotopic (exact) mass is 99.1 g/mol. The Balaban J connectivity index is 3.16. The fraction of sp³-hybridized carbons (Fsp3) is 0.667. The van der Waals surface area contributed by atoms with Gasteiger partial charge in [0, 0.05) is 0 Å². The van der Waals surface area contributed by atoms with E-state index in [1.165, 1.54) is 0 Å². The van der Waals surface area contributed by atoms with Crippen LogP contribution < -0.4 is 5.11 Å². The Kier molecular flexibility index (Phi) is 3.48. The van der Waals surface area contributed by atoms with Crippen LogP contribution in [-0.4, -0.2) is 0 Å². The SMILES string of the molecule is CCC(C)/C=C/[O-]. The molecule has 0 rings (SSSR count). The molecule has 0 amide bonds. The lowest BCUT2D eigenvalue weighted by atomic mass is 10.1. The minimum atomic E-state index is 0.456. The zero-order chi connectivity index (χ0) is 5.70. The van der Waals surface area contributed by atoms with Gasteiger partial charge in [-0.05, 0) is 5.92 Å². The van der Waals surface area contributed by atoms with Crippen LogP contribution in [0.25, 0.3) is 0 Å². The smallest absolute Gasteiger partial charge is 0.0273 e. The predicted molar refractivity (Wildman–Crippen MR) is 28.6 cm³/mol. The minimum Gasteiger partial charge on any atom is -0.878 e. The average Bonchev–Trinajstić information content (AvgIpc) is 1.68. The number of allylic oxidation sites excluding steroid dienone is 1. The van der Waals surface area contributed by atoms with Crippen molar-refractivity contribution in [3.8, 4) is 0 Å². The molecule has 1 atom stereocenters. The highest BCUT2D eigenvalue weighted by molar-refractivity contribution is 4.76. The molecule has 1 nitrogen and oxygen atoms in total. The van der Waals surface area contributed by atoms with Gasteiger partial charge in [-0.25, -0.2) is 0 Å². The van der Waals surface area contributed by atoms with Crippen LogP contribution in [0.5, 0.6) is 0 Å². The van der Waals surface area contributed by atoms with E-state index in [1.807, 2.05) is 6.92 Å². The summed E-state index contributed by atoms with van der Waals surface area (Å²) in [4.78, 5) is 0. The molecular formula is C6H11O-. The lowest BCUT2D eigenvalue weighted by Gasteiger charge is -1.99. The normalized spacial score (nSPS) is 15.1. The van der Waals surface area contributed by atoms with Gasteiger partial charge in [-0.1, -0.05) is 26.3 Å². The second-order valence-corrected chi connectivity index (χ2v) is 1.71. The topological polar surface area (TPSA) is 23.1 Å². The van der Waals surface area contributed by atoms with Gasteiger partial charge in [0.1, 0.15) is 0 Å². The first-order chi connectivity index (χ1) is 3.31. The fourth-order valence-electron chi connectivity index (χ4n) is 0.270. The van der Waals surface area contributed by atoms with Crippen LogP contribution >= 0.6 is 0 Å². The van der Waals surface area contributed by atoms with Crippen molar-refractivity contribution in [1.82, 2.24) is 0 Å². The van der Waals surface area contributed by atoms with Gasteiger partial charge in [0.25, 0.3) is 0 Å². The third kappa shape index (κ3) is 3.37. The summed E-state index contributed by atoms with van der Waals surface area (Å²) in [6.07, 6.45) is 3.58. The van der Waals surface area contributed by atoms with E-state index in [2.05, 4.69) is 6.92 Å². The molecule has 0 fully saturated rings. The van der Waals surface area contributed by atoms with E-state index in [1.54, 1.807) is 6.08 Å². The molecule has 42 valence electrons. The van der Waals surface area contributed by atoms with Gasteiger partial charge in [-0.3, -0.25) is 0 Å². The van der Waals surface area contributed by atoms with Crippen LogP contribution in [0.4, 0.5) is 0 Å². The summed E-state index contributed by atoms with van der Waals surface area (Å²) in [6, 6.07) is 0. The summed E-state index contributed by atoms with van der Waals surface area (Å²) in [5.74, 6) is 0.456. The number of rotatable bonds is 2. The van der Waals surface area contributed by atoms with Crippen LogP contribution in [0.3, 0.4) is 0 Å². The molecule has 0 aromatic carbocycles. The molecule has 0 spiro atoms. The maximum Gasteiger partial charge on any atom is -0.0273 e. The third-order valence-electron chi connectivity index (χ3n) is 1.05. The van der Waals surface area contributed by atoms with E-state index in [-0.39, 0.29) is 0 Å². The summed E-state index contributed by atoms with van der Waals surface area (Å²) in [5, 5.41) is 9.72. The van der Waals surface area contributed by atoms with Crippen LogP contribution in [0.1, 0.15) is 20.3 Å². The van der Waals surface area contributed by atoms with Gasteiger partial charge in [0.05, 0.1) is 0 Å². The van der Waals surface area contributed by atoms with Crippen LogP contribution in [-0.2, 0) is 0 Å². The Labute approximate surface area is 44.7 Å². The Morgan fingerprint density at radius 2 is 2.29 bits per heavy atom. The molecule has 0 N–H and O–H groups in total. The van der Waals surface area contributed by atoms with Gasteiger partial charge >= 0.3 is 0 Å². The molecule has 1 heteroatoms. The first-order valence-electron chi connectivity index (χ1n) is 2.60. The lowest BCUT2D eigenvalue weighted by Crippen LogP contribution is -1.90. The van der Waals surface area contributed by atoms with E-state index in [0.717, 1.165) is 12.7 Å². The van der Waals surface area contributed by atoms with Crippen molar-refractivity contribution in [3.63, 3.8) is 0 Å². The molecule has 0 bridgehead atoms. The van der Waals surface area contributed by atoms with Crippen LogP contribution in [0, 0.1) is 5.92 Å². The zero-order valence-corrected chi connectivity index (χ0v) is 4.85. The first kappa shape index (κ1) is 6.54. The summed E-state index contributed by atoms with van der Waals surface area (Å²) >= 11 is 0. The highest BCUT2D eigenvalue weighted by atomic mass is 16.2. The summed E-state index contributed by atoms with van der Waals surface area (Å²) in [5.41, 5.74) is 0. The number of hydrogen-bond donors (Lipinski definition) is 0. The summed E-state index contributed by atoms with van der Waals surface area (Å²) in [7, 11) is 0. The largest absolute Gasteiger partial charge is 0.878 e. The highest BCUT2D eigenvalue weighted by Crippen LogP contribution is 1.99. The van der Waals surface area contributed by atoms with Gasteiger partial charge in [-0.2, -0.15) is 6.26 Å². The molecule has 0 aromatic heterocycles. The van der Waals surface area contributed by atoms with Crippen molar-refractivity contribution in [1.29, 1.82) is 0 Å². The van der Waals surface area contributed by atoms with Gasteiger partial charge in [0.2, 0.25) is 0 Å². The maximum atomic E-state index is 9.72. The molecule has 0 aromatic rings. The van der Waals surface area contributed by atoms with Crippen molar-refractivity contribution in [3.05, 3.63) is 12.3 Å². The molecule has 0 heterocycles. The first-order valence-corrected chi connectivity index (χ1v) is 2.60. The standard InChI is InChI=1S/C6H12O/c1-3-6(2)4-5-7/h4-7H,3H2,1-2H3/p-1/b5-4+. The van der Waals surface area contributed by atoms with E-state index in [4.69, 9.17) is 0 Å². The summed E-state index contributed by atoms with van der Waals surface area (Å²) in [6.45, 7) is 4.08. The van der Waals surface area contributed by atoms with Crippen molar-refractivity contribution in [2.45, 2.75) is 20.3 Å². The second-order valence-electron chi connectivity index (χ2n) is 1.71. The minimum absolute atomic E-state index is 0.456. The maximum absolute atomic E-state index is 9.72. The van der Waals surface area contributed by atoms with Crippen molar-refractivity contribution in [2.24, 2.45) is 5.92 Å². The van der Waals surface area contributed by atoms with Crippen LogP contribution in [0.15, 0.2) is 12.3 Å². The lowest BCUT2D eigenvalue weighted by molar-refractivity contribution is -0.275. The van der Waals surface area contributed by atoms with E-state index in [0.29, 0.717) is 5.92 Å². The molecular weight excluding hydrogens is 88.1 g/mol. The van der Waals surface area contributed by atoms with Gasteiger partial charge in [-0.15, -0.1) is 0 Å². The Hall–Kier alpha value is -0.460. The fourth-order valence-corrected chi connectivity index (χ4v) is 0.270. The Morgan fingerprint density at radius 3 is 2.43 bits per heavy atom. The summed E-state index contributed by atoms with van der Waals surface area (Å²) < 4.78 is 0. The number of hydrogen-bond acceptors (Lipinski definition) is 1. The van der Waals surface area contributed by atoms with Crippen molar-refractivity contribution < 1.29 is 5.11 Å². The predicted octanol–water partition coefficient (Wildman–Crippen LogP) is 0.906. The van der Waals surface area contributed by atoms with E-state index < -0.39 is 0 Å². The van der Waals surface area contributed by atoms with Gasteiger partial charge < -0.3 is 5.11 Å². The zero-order valence-electron chi connectivity index (χ0n) is 4.85. The van der Waals surface area contributed by atoms with Crippen LogP contribution in [0.2, 0.25) is 0 Å². The molecule has 7 heavy (non-hydrogen) atoms. The molecule has 0 saturated carbocycles. The molecule has 0 aliphatic rings. The second kappa shape index (κ2) is 3.72.